The molecule has 0 amide bonds. The molecule has 0 aromatic heterocycles. The molecule has 2 fully saturated rings. The van der Waals surface area contributed by atoms with Gasteiger partial charge in [-0.15, -0.1) is 0 Å². The lowest BCUT2D eigenvalue weighted by Crippen LogP contribution is -2.30. The van der Waals surface area contributed by atoms with E-state index < -0.39 is 6.29 Å². The van der Waals surface area contributed by atoms with E-state index in [2.05, 4.69) is 6.92 Å². The number of hydrogen-bond acceptors (Lipinski definition) is 4. The highest BCUT2D eigenvalue weighted by Gasteiger charge is 2.24. The number of nitrogens with two attached hydrogens (primary N) is 2. The Bertz CT molecular complexity index is 329. The topological polar surface area (TPSA) is 92.5 Å². The van der Waals surface area contributed by atoms with Crippen LogP contribution in [0.3, 0.4) is 0 Å². The van der Waals surface area contributed by atoms with E-state index in [1.165, 1.54) is 103 Å². The zero-order chi connectivity index (χ0) is 21.3. The average Bonchev–Trinajstić information content (AvgIpc) is 2.70. The summed E-state index contributed by atoms with van der Waals surface area (Å²) in [7, 11) is 0. The fourth-order valence-corrected chi connectivity index (χ4v) is 4.96. The van der Waals surface area contributed by atoms with Crippen molar-refractivity contribution < 1.29 is 10.2 Å². The first-order valence-corrected chi connectivity index (χ1v) is 12.9. The highest BCUT2D eigenvalue weighted by Crippen LogP contribution is 2.34. The first-order chi connectivity index (χ1) is 14.0. The summed E-state index contributed by atoms with van der Waals surface area (Å²) in [6.07, 6.45) is 22.9. The van der Waals surface area contributed by atoms with Gasteiger partial charge in [-0.05, 0) is 82.5 Å². The molecule has 0 saturated heterocycles. The molecule has 2 aliphatic carbocycles. The lowest BCUT2D eigenvalue weighted by Gasteiger charge is -2.32. The summed E-state index contributed by atoms with van der Waals surface area (Å²) in [5, 5.41) is 17.2. The Hall–Kier alpha value is -0.160. The predicted octanol–water partition coefficient (Wildman–Crippen LogP) is 5.63. The maximum absolute atomic E-state index is 8.61. The molecule has 4 heteroatoms. The normalized spacial score (nSPS) is 27.5. The second-order valence-corrected chi connectivity index (χ2v) is 9.90. The summed E-state index contributed by atoms with van der Waals surface area (Å²) < 4.78 is 0. The van der Waals surface area contributed by atoms with Crippen LogP contribution < -0.4 is 11.5 Å². The third kappa shape index (κ3) is 15.3. The molecule has 2 saturated carbocycles. The van der Waals surface area contributed by atoms with Crippen molar-refractivity contribution in [3.63, 3.8) is 0 Å². The summed E-state index contributed by atoms with van der Waals surface area (Å²) >= 11 is 0. The Morgan fingerprint density at radius 2 is 1.00 bits per heavy atom. The Morgan fingerprint density at radius 3 is 1.38 bits per heavy atom. The number of rotatable bonds is 12. The van der Waals surface area contributed by atoms with Gasteiger partial charge in [-0.2, -0.15) is 0 Å². The quantitative estimate of drug-likeness (QED) is 0.247. The average molecular weight is 413 g/mol. The zero-order valence-electron chi connectivity index (χ0n) is 19.4. The van der Waals surface area contributed by atoms with E-state index in [9.17, 15) is 0 Å². The number of unbranched alkanes of at least 4 members (excludes halogenated alkanes) is 8. The summed E-state index contributed by atoms with van der Waals surface area (Å²) in [6, 6.07) is 1.00. The molecule has 4 nitrogen and oxygen atoms in total. The van der Waals surface area contributed by atoms with Crippen molar-refractivity contribution in [2.24, 2.45) is 23.3 Å². The van der Waals surface area contributed by atoms with Crippen LogP contribution in [0.5, 0.6) is 0 Å². The van der Waals surface area contributed by atoms with Gasteiger partial charge in [-0.25, -0.2) is 0 Å². The maximum Gasteiger partial charge on any atom is 0.151 e. The molecule has 0 bridgehead atoms. The molecule has 29 heavy (non-hydrogen) atoms. The van der Waals surface area contributed by atoms with E-state index in [0.29, 0.717) is 18.5 Å². The minimum atomic E-state index is -1.10. The Morgan fingerprint density at radius 1 is 0.621 bits per heavy atom. The third-order valence-electron chi connectivity index (χ3n) is 7.02. The number of hydrogen-bond donors (Lipinski definition) is 4. The van der Waals surface area contributed by atoms with E-state index in [-0.39, 0.29) is 0 Å². The van der Waals surface area contributed by atoms with Crippen molar-refractivity contribution in [1.82, 2.24) is 0 Å². The predicted molar refractivity (Wildman–Crippen MR) is 125 cm³/mol. The molecule has 2 aliphatic rings. The van der Waals surface area contributed by atoms with Crippen molar-refractivity contribution in [2.45, 2.75) is 147 Å². The summed E-state index contributed by atoms with van der Waals surface area (Å²) in [5.41, 5.74) is 11.9. The van der Waals surface area contributed by atoms with Crippen molar-refractivity contribution in [3.8, 4) is 0 Å². The minimum absolute atomic E-state index is 0.501. The highest BCUT2D eigenvalue weighted by molar-refractivity contribution is 4.80. The molecule has 174 valence electrons. The second kappa shape index (κ2) is 17.5. The van der Waals surface area contributed by atoms with Gasteiger partial charge in [0.1, 0.15) is 0 Å². The van der Waals surface area contributed by atoms with E-state index >= 15 is 0 Å². The van der Waals surface area contributed by atoms with Crippen molar-refractivity contribution in [3.05, 3.63) is 0 Å². The van der Waals surface area contributed by atoms with Gasteiger partial charge in [-0.1, -0.05) is 58.3 Å². The molecule has 0 atom stereocenters. The standard InChI is InChI=1S/C13H26N2.C12H26O2/c14-12-5-1-10(2-6-12)9-11-3-7-13(15)8-4-11;1-2-3-4-5-6-7-8-9-10-11-12(13)14/h10-13H,1-9,14-15H2;12-14H,2-11H2,1H3. The molecular weight excluding hydrogens is 360 g/mol. The lowest BCUT2D eigenvalue weighted by atomic mass is 9.76. The van der Waals surface area contributed by atoms with Gasteiger partial charge >= 0.3 is 0 Å². The Kier molecular flexibility index (Phi) is 16.2. The SMILES string of the molecule is CCCCCCCCCCCC(O)O.NC1CCC(CC2CCC(N)CC2)CC1. The van der Waals surface area contributed by atoms with Crippen molar-refractivity contribution >= 4 is 0 Å². The molecule has 2 rings (SSSR count). The van der Waals surface area contributed by atoms with E-state index in [1.807, 2.05) is 0 Å². The lowest BCUT2D eigenvalue weighted by molar-refractivity contribution is -0.0466. The Labute approximate surface area is 181 Å². The third-order valence-corrected chi connectivity index (χ3v) is 7.02. The molecule has 0 aliphatic heterocycles. The van der Waals surface area contributed by atoms with Gasteiger partial charge in [0.05, 0.1) is 0 Å². The molecule has 0 unspecified atom stereocenters. The van der Waals surface area contributed by atoms with Crippen LogP contribution in [0.4, 0.5) is 0 Å². The summed E-state index contributed by atoms with van der Waals surface area (Å²) in [4.78, 5) is 0. The molecule has 0 radical (unpaired) electrons. The van der Waals surface area contributed by atoms with E-state index in [1.54, 1.807) is 0 Å². The first kappa shape index (κ1) is 26.9. The molecule has 0 aromatic rings. The minimum Gasteiger partial charge on any atom is -0.368 e. The fraction of sp³-hybridized carbons (Fsp3) is 1.00. The largest absolute Gasteiger partial charge is 0.368 e. The van der Waals surface area contributed by atoms with Crippen LogP contribution in [0.15, 0.2) is 0 Å². The van der Waals surface area contributed by atoms with E-state index in [4.69, 9.17) is 21.7 Å². The van der Waals surface area contributed by atoms with Crippen molar-refractivity contribution in [2.75, 3.05) is 0 Å². The number of aliphatic hydroxyl groups is 2. The van der Waals surface area contributed by atoms with Crippen molar-refractivity contribution in [1.29, 1.82) is 0 Å². The monoisotopic (exact) mass is 412 g/mol. The molecule has 0 heterocycles. The molecule has 0 aromatic carbocycles. The molecule has 6 N–H and O–H groups in total. The maximum atomic E-state index is 8.61. The second-order valence-electron chi connectivity index (χ2n) is 9.90. The van der Waals surface area contributed by atoms with Gasteiger partial charge in [-0.3, -0.25) is 0 Å². The van der Waals surface area contributed by atoms with Gasteiger partial charge < -0.3 is 21.7 Å². The van der Waals surface area contributed by atoms with E-state index in [0.717, 1.165) is 24.7 Å². The first-order valence-electron chi connectivity index (χ1n) is 12.9. The van der Waals surface area contributed by atoms with Gasteiger partial charge in [0.2, 0.25) is 0 Å². The fourth-order valence-electron chi connectivity index (χ4n) is 4.96. The van der Waals surface area contributed by atoms with Crippen LogP contribution in [0, 0.1) is 11.8 Å². The van der Waals surface area contributed by atoms with Gasteiger partial charge in [0.25, 0.3) is 0 Å². The molecule has 0 spiro atoms. The zero-order valence-corrected chi connectivity index (χ0v) is 19.4. The van der Waals surface area contributed by atoms with Crippen LogP contribution in [-0.2, 0) is 0 Å². The van der Waals surface area contributed by atoms with Crippen LogP contribution in [0.2, 0.25) is 0 Å². The van der Waals surface area contributed by atoms with Gasteiger partial charge in [0, 0.05) is 12.1 Å². The highest BCUT2D eigenvalue weighted by atomic mass is 16.5. The number of aliphatic hydroxyl groups excluding tert-OH is 1. The van der Waals surface area contributed by atoms with Gasteiger partial charge in [0.15, 0.2) is 6.29 Å². The van der Waals surface area contributed by atoms with Crippen LogP contribution in [-0.4, -0.2) is 28.6 Å². The smallest absolute Gasteiger partial charge is 0.151 e. The summed E-state index contributed by atoms with van der Waals surface area (Å²) in [6.45, 7) is 2.24. The molecular formula is C25H52N2O2. The summed E-state index contributed by atoms with van der Waals surface area (Å²) in [5.74, 6) is 1.95. The van der Waals surface area contributed by atoms with Crippen LogP contribution >= 0.6 is 0 Å². The Balaban J connectivity index is 0.000000291. The van der Waals surface area contributed by atoms with Crippen LogP contribution in [0.25, 0.3) is 0 Å². The van der Waals surface area contributed by atoms with Crippen LogP contribution in [0.1, 0.15) is 129 Å².